The van der Waals surface area contributed by atoms with E-state index in [0.29, 0.717) is 17.0 Å². The Labute approximate surface area is 175 Å². The fourth-order valence-electron chi connectivity index (χ4n) is 3.72. The first-order chi connectivity index (χ1) is 14.2. The lowest BCUT2D eigenvalue weighted by Gasteiger charge is -2.33. The van der Waals surface area contributed by atoms with Crippen molar-refractivity contribution in [2.75, 3.05) is 13.1 Å². The molecule has 6 heteroatoms. The molecule has 0 radical (unpaired) electrons. The quantitative estimate of drug-likeness (QED) is 0.555. The Morgan fingerprint density at radius 1 is 1.07 bits per heavy atom. The highest BCUT2D eigenvalue weighted by Crippen LogP contribution is 2.28. The Bertz CT molecular complexity index is 922. The van der Waals surface area contributed by atoms with E-state index in [4.69, 9.17) is 4.42 Å². The van der Waals surface area contributed by atoms with Crippen molar-refractivity contribution in [1.82, 2.24) is 15.1 Å². The number of hydrogen-bond acceptors (Lipinski definition) is 5. The van der Waals surface area contributed by atoms with E-state index < -0.39 is 0 Å². The summed E-state index contributed by atoms with van der Waals surface area (Å²) in [6, 6.07) is 20.3. The van der Waals surface area contributed by atoms with Gasteiger partial charge in [-0.15, -0.1) is 10.2 Å². The average Bonchev–Trinajstić information content (AvgIpc) is 3.23. The predicted octanol–water partition coefficient (Wildman–Crippen LogP) is 4.70. The van der Waals surface area contributed by atoms with Gasteiger partial charge in [-0.05, 0) is 49.8 Å². The maximum Gasteiger partial charge on any atom is 0.277 e. The Hall–Kier alpha value is -2.60. The van der Waals surface area contributed by atoms with Gasteiger partial charge in [0.2, 0.25) is 11.8 Å². The maximum atomic E-state index is 12.9. The molecule has 0 saturated carbocycles. The number of aromatic nitrogens is 2. The van der Waals surface area contributed by atoms with Crippen molar-refractivity contribution in [2.45, 2.75) is 36.7 Å². The van der Waals surface area contributed by atoms with Crippen LogP contribution in [-0.2, 0) is 11.2 Å². The topological polar surface area (TPSA) is 59.2 Å². The van der Waals surface area contributed by atoms with E-state index in [9.17, 15) is 4.79 Å². The molecule has 2 aromatic carbocycles. The van der Waals surface area contributed by atoms with E-state index in [2.05, 4.69) is 40.5 Å². The van der Waals surface area contributed by atoms with Gasteiger partial charge in [-0.2, -0.15) is 0 Å². The van der Waals surface area contributed by atoms with Crippen molar-refractivity contribution >= 4 is 17.7 Å². The zero-order valence-electron chi connectivity index (χ0n) is 16.5. The lowest BCUT2D eigenvalue weighted by Crippen LogP contribution is -2.42. The second kappa shape index (κ2) is 9.27. The van der Waals surface area contributed by atoms with Crippen LogP contribution in [0.15, 0.2) is 70.3 Å². The molecule has 4 rings (SSSR count). The number of amides is 1. The van der Waals surface area contributed by atoms with Crippen LogP contribution >= 0.6 is 11.8 Å². The summed E-state index contributed by atoms with van der Waals surface area (Å²) in [6.07, 6.45) is 3.20. The van der Waals surface area contributed by atoms with Crippen LogP contribution in [0.5, 0.6) is 0 Å². The second-order valence-corrected chi connectivity index (χ2v) is 8.75. The zero-order valence-corrected chi connectivity index (χ0v) is 17.3. The summed E-state index contributed by atoms with van der Waals surface area (Å²) < 4.78 is 5.73. The van der Waals surface area contributed by atoms with Crippen molar-refractivity contribution in [1.29, 1.82) is 0 Å². The largest absolute Gasteiger partial charge is 0.411 e. The van der Waals surface area contributed by atoms with Gasteiger partial charge < -0.3 is 9.32 Å². The van der Waals surface area contributed by atoms with Gasteiger partial charge in [0.15, 0.2) is 0 Å². The van der Waals surface area contributed by atoms with Crippen LogP contribution in [0.1, 0.15) is 25.3 Å². The van der Waals surface area contributed by atoms with Crippen molar-refractivity contribution in [3.05, 3.63) is 66.2 Å². The molecule has 1 aromatic heterocycles. The summed E-state index contributed by atoms with van der Waals surface area (Å²) in [5, 5.41) is 8.38. The first-order valence-corrected chi connectivity index (χ1v) is 11.0. The Balaban J connectivity index is 1.28. The van der Waals surface area contributed by atoms with Crippen LogP contribution < -0.4 is 0 Å². The maximum absolute atomic E-state index is 12.9. The molecule has 0 bridgehead atoms. The molecular formula is C23H25N3O2S. The minimum absolute atomic E-state index is 0.146. The molecule has 1 amide bonds. The molecule has 1 aliphatic heterocycles. The predicted molar refractivity (Wildman–Crippen MR) is 115 cm³/mol. The van der Waals surface area contributed by atoms with Gasteiger partial charge in [0.1, 0.15) is 0 Å². The van der Waals surface area contributed by atoms with Gasteiger partial charge >= 0.3 is 0 Å². The summed E-state index contributed by atoms with van der Waals surface area (Å²) in [6.45, 7) is 3.55. The fourth-order valence-corrected chi connectivity index (χ4v) is 4.49. The second-order valence-electron chi connectivity index (χ2n) is 7.46. The van der Waals surface area contributed by atoms with Crippen molar-refractivity contribution in [3.8, 4) is 11.5 Å². The smallest absolute Gasteiger partial charge is 0.277 e. The number of rotatable bonds is 6. The van der Waals surface area contributed by atoms with Crippen molar-refractivity contribution in [3.63, 3.8) is 0 Å². The molecule has 0 aliphatic carbocycles. The van der Waals surface area contributed by atoms with E-state index in [1.54, 1.807) is 0 Å². The standard InChI is InChI=1S/C23H25N3O2S/c1-17(29-23-25-24-21(28-23)20-10-6-3-7-11-20)22(27)26-14-12-19(13-15-26)16-18-8-4-2-5-9-18/h2-11,17,19H,12-16H2,1H3/t17-/m1/s1. The van der Waals surface area contributed by atoms with Gasteiger partial charge in [0.05, 0.1) is 5.25 Å². The molecular weight excluding hydrogens is 382 g/mol. The van der Waals surface area contributed by atoms with Gasteiger partial charge in [0, 0.05) is 18.7 Å². The van der Waals surface area contributed by atoms with Gasteiger partial charge in [0.25, 0.3) is 5.22 Å². The third kappa shape index (κ3) is 5.07. The molecule has 1 saturated heterocycles. The highest BCUT2D eigenvalue weighted by atomic mass is 32.2. The zero-order chi connectivity index (χ0) is 20.1. The van der Waals surface area contributed by atoms with Crippen LogP contribution in [0.25, 0.3) is 11.5 Å². The van der Waals surface area contributed by atoms with Crippen LogP contribution in [0, 0.1) is 5.92 Å². The molecule has 3 aromatic rings. The van der Waals surface area contributed by atoms with E-state index in [1.807, 2.05) is 42.2 Å². The number of carbonyl (C=O) groups excluding carboxylic acids is 1. The summed E-state index contributed by atoms with van der Waals surface area (Å²) in [7, 11) is 0. The van der Waals surface area contributed by atoms with Gasteiger partial charge in [-0.1, -0.05) is 60.3 Å². The molecule has 0 spiro atoms. The number of piperidine rings is 1. The molecule has 5 nitrogen and oxygen atoms in total. The third-order valence-corrected chi connectivity index (χ3v) is 6.27. The molecule has 29 heavy (non-hydrogen) atoms. The summed E-state index contributed by atoms with van der Waals surface area (Å²) in [4.78, 5) is 14.8. The van der Waals surface area contributed by atoms with Gasteiger partial charge in [-0.3, -0.25) is 4.79 Å². The Kier molecular flexibility index (Phi) is 6.30. The summed E-state index contributed by atoms with van der Waals surface area (Å²) >= 11 is 1.33. The van der Waals surface area contributed by atoms with E-state index in [-0.39, 0.29) is 11.2 Å². The van der Waals surface area contributed by atoms with E-state index >= 15 is 0 Å². The Morgan fingerprint density at radius 2 is 1.72 bits per heavy atom. The summed E-state index contributed by atoms with van der Waals surface area (Å²) in [5.41, 5.74) is 2.26. The molecule has 2 heterocycles. The van der Waals surface area contributed by atoms with E-state index in [1.165, 1.54) is 17.3 Å². The lowest BCUT2D eigenvalue weighted by atomic mass is 9.90. The first kappa shape index (κ1) is 19.7. The monoisotopic (exact) mass is 407 g/mol. The van der Waals surface area contributed by atoms with Crippen LogP contribution in [-0.4, -0.2) is 39.3 Å². The fraction of sp³-hybridized carbons (Fsp3) is 0.348. The van der Waals surface area contributed by atoms with E-state index in [0.717, 1.165) is 37.9 Å². The number of hydrogen-bond donors (Lipinski definition) is 0. The SMILES string of the molecule is C[C@@H](Sc1nnc(-c2ccccc2)o1)C(=O)N1CCC(Cc2ccccc2)CC1. The third-order valence-electron chi connectivity index (χ3n) is 5.35. The molecule has 0 unspecified atom stereocenters. The number of nitrogens with zero attached hydrogens (tertiary/aromatic N) is 3. The minimum Gasteiger partial charge on any atom is -0.411 e. The molecule has 0 N–H and O–H groups in total. The van der Waals surface area contributed by atoms with Crippen molar-refractivity contribution < 1.29 is 9.21 Å². The normalized spacial score (nSPS) is 16.0. The summed E-state index contributed by atoms with van der Waals surface area (Å²) in [5.74, 6) is 1.27. The van der Waals surface area contributed by atoms with Crippen LogP contribution in [0.4, 0.5) is 0 Å². The molecule has 1 aliphatic rings. The number of thioether (sulfide) groups is 1. The van der Waals surface area contributed by atoms with Crippen LogP contribution in [0.3, 0.4) is 0 Å². The highest BCUT2D eigenvalue weighted by Gasteiger charge is 2.27. The lowest BCUT2D eigenvalue weighted by molar-refractivity contribution is -0.131. The van der Waals surface area contributed by atoms with Crippen molar-refractivity contribution in [2.24, 2.45) is 5.92 Å². The first-order valence-electron chi connectivity index (χ1n) is 10.1. The van der Waals surface area contributed by atoms with Crippen LogP contribution in [0.2, 0.25) is 0 Å². The minimum atomic E-state index is -0.246. The molecule has 150 valence electrons. The number of carbonyl (C=O) groups is 1. The number of likely N-dealkylation sites (tertiary alicyclic amines) is 1. The molecule has 1 atom stereocenters. The Morgan fingerprint density at radius 3 is 2.41 bits per heavy atom. The number of benzene rings is 2. The highest BCUT2D eigenvalue weighted by molar-refractivity contribution is 8.00. The van der Waals surface area contributed by atoms with Gasteiger partial charge in [-0.25, -0.2) is 0 Å². The molecule has 1 fully saturated rings. The average molecular weight is 408 g/mol.